The van der Waals surface area contributed by atoms with Gasteiger partial charge in [0.1, 0.15) is 17.2 Å². The molecular weight excluding hydrogens is 362 g/mol. The second kappa shape index (κ2) is 8.88. The maximum absolute atomic E-state index is 13.2. The molecule has 0 bridgehead atoms. The maximum atomic E-state index is 13.2. The predicted molar refractivity (Wildman–Crippen MR) is 103 cm³/mol. The summed E-state index contributed by atoms with van der Waals surface area (Å²) in [7, 11) is 4.77. The van der Waals surface area contributed by atoms with Crippen molar-refractivity contribution in [3.8, 4) is 11.5 Å². The number of ether oxygens (including phenoxy) is 3. The third-order valence-corrected chi connectivity index (χ3v) is 4.90. The molecule has 1 atom stereocenters. The lowest BCUT2D eigenvalue weighted by Gasteiger charge is -2.26. The van der Waals surface area contributed by atoms with Crippen LogP contribution in [0.2, 0.25) is 0 Å². The van der Waals surface area contributed by atoms with E-state index in [1.165, 1.54) is 16.8 Å². The third-order valence-electron chi connectivity index (χ3n) is 4.90. The highest BCUT2D eigenvalue weighted by atomic mass is 16.5. The largest absolute Gasteiger partial charge is 0.497 e. The minimum Gasteiger partial charge on any atom is -0.497 e. The molecule has 1 aromatic heterocycles. The highest BCUT2D eigenvalue weighted by Crippen LogP contribution is 2.39. The van der Waals surface area contributed by atoms with Gasteiger partial charge in [0, 0.05) is 25.3 Å². The number of nitrogens with zero attached hydrogens (tertiary/aromatic N) is 3. The number of aromatic nitrogens is 2. The molecule has 0 unspecified atom stereocenters. The van der Waals surface area contributed by atoms with E-state index < -0.39 is 0 Å². The smallest absolute Gasteiger partial charge is 0.274 e. The molecular formula is C20H25N3O5. The Labute approximate surface area is 163 Å². The Bertz CT molecular complexity index is 896. The van der Waals surface area contributed by atoms with Crippen molar-refractivity contribution < 1.29 is 19.0 Å². The summed E-state index contributed by atoms with van der Waals surface area (Å²) in [5, 5.41) is 4.24. The van der Waals surface area contributed by atoms with Crippen molar-refractivity contribution in [3.63, 3.8) is 0 Å². The molecule has 0 saturated carbocycles. The highest BCUT2D eigenvalue weighted by Gasteiger charge is 2.33. The van der Waals surface area contributed by atoms with Crippen LogP contribution in [0.4, 0.5) is 0 Å². The number of likely N-dealkylation sites (tertiary alicyclic amines) is 1. The topological polar surface area (TPSA) is 82.9 Å². The molecule has 2 aromatic rings. The lowest BCUT2D eigenvalue weighted by molar-refractivity contribution is 0.0724. The first-order valence-electron chi connectivity index (χ1n) is 9.19. The summed E-state index contributed by atoms with van der Waals surface area (Å²) < 4.78 is 17.1. The van der Waals surface area contributed by atoms with Crippen molar-refractivity contribution in [2.24, 2.45) is 0 Å². The second-order valence-electron chi connectivity index (χ2n) is 6.54. The molecule has 150 valence electrons. The fraction of sp³-hybridized carbons (Fsp3) is 0.450. The minimum absolute atomic E-state index is 0.140. The van der Waals surface area contributed by atoms with Crippen LogP contribution in [0.5, 0.6) is 11.5 Å². The van der Waals surface area contributed by atoms with Crippen LogP contribution in [-0.2, 0) is 11.3 Å². The molecule has 3 rings (SSSR count). The van der Waals surface area contributed by atoms with Crippen LogP contribution in [0.15, 0.2) is 35.1 Å². The van der Waals surface area contributed by atoms with Crippen LogP contribution in [0, 0.1) is 0 Å². The van der Waals surface area contributed by atoms with Crippen LogP contribution < -0.4 is 15.0 Å². The Morgan fingerprint density at radius 3 is 2.71 bits per heavy atom. The van der Waals surface area contributed by atoms with Crippen LogP contribution in [0.25, 0.3) is 0 Å². The zero-order valence-electron chi connectivity index (χ0n) is 16.4. The zero-order chi connectivity index (χ0) is 20.1. The van der Waals surface area contributed by atoms with E-state index in [-0.39, 0.29) is 23.2 Å². The van der Waals surface area contributed by atoms with Gasteiger partial charge in [-0.3, -0.25) is 9.59 Å². The average molecular weight is 387 g/mol. The van der Waals surface area contributed by atoms with Crippen LogP contribution in [0.1, 0.15) is 34.9 Å². The summed E-state index contributed by atoms with van der Waals surface area (Å²) in [5.41, 5.74) is 0.880. The highest BCUT2D eigenvalue weighted by molar-refractivity contribution is 5.92. The number of carbonyl (C=O) groups excluding carboxylic acids is 1. The van der Waals surface area contributed by atoms with Gasteiger partial charge in [0.05, 0.1) is 33.4 Å². The van der Waals surface area contributed by atoms with E-state index in [1.54, 1.807) is 26.2 Å². The molecule has 0 radical (unpaired) electrons. The summed E-state index contributed by atoms with van der Waals surface area (Å²) in [6, 6.07) is 8.29. The molecule has 0 N–H and O–H groups in total. The van der Waals surface area contributed by atoms with E-state index in [0.29, 0.717) is 31.2 Å². The fourth-order valence-corrected chi connectivity index (χ4v) is 3.48. The Morgan fingerprint density at radius 2 is 2.00 bits per heavy atom. The molecule has 0 aliphatic carbocycles. The van der Waals surface area contributed by atoms with Crippen molar-refractivity contribution in [2.45, 2.75) is 25.4 Å². The summed E-state index contributed by atoms with van der Waals surface area (Å²) in [6.07, 6.45) is 1.69. The van der Waals surface area contributed by atoms with Gasteiger partial charge in [-0.15, -0.1) is 0 Å². The van der Waals surface area contributed by atoms with Gasteiger partial charge >= 0.3 is 0 Å². The van der Waals surface area contributed by atoms with Gasteiger partial charge in [-0.1, -0.05) is 0 Å². The van der Waals surface area contributed by atoms with E-state index >= 15 is 0 Å². The van der Waals surface area contributed by atoms with Crippen molar-refractivity contribution in [2.75, 3.05) is 34.5 Å². The molecule has 0 spiro atoms. The van der Waals surface area contributed by atoms with Crippen molar-refractivity contribution >= 4 is 5.91 Å². The van der Waals surface area contributed by atoms with E-state index in [9.17, 15) is 9.59 Å². The van der Waals surface area contributed by atoms with Crippen LogP contribution >= 0.6 is 0 Å². The monoisotopic (exact) mass is 387 g/mol. The standard InChI is InChI=1S/C20H25N3O5/c1-26-12-11-23-19(24)9-7-16(21-23)20(25)22-10-4-5-17(22)15-13-14(27-2)6-8-18(15)28-3/h6-9,13,17H,4-5,10-12H2,1-3H3/t17-/m1/s1. The molecule has 2 heterocycles. The van der Waals surface area contributed by atoms with Crippen molar-refractivity contribution in [1.29, 1.82) is 0 Å². The Balaban J connectivity index is 1.91. The number of hydrogen-bond acceptors (Lipinski definition) is 6. The number of rotatable bonds is 7. The number of methoxy groups -OCH3 is 3. The summed E-state index contributed by atoms with van der Waals surface area (Å²) in [5.74, 6) is 1.21. The third kappa shape index (κ3) is 4.01. The second-order valence-corrected chi connectivity index (χ2v) is 6.54. The first kappa shape index (κ1) is 19.9. The van der Waals surface area contributed by atoms with Crippen LogP contribution in [0.3, 0.4) is 0 Å². The molecule has 1 aliphatic rings. The molecule has 28 heavy (non-hydrogen) atoms. The molecule has 8 heteroatoms. The molecule has 1 fully saturated rings. The molecule has 1 aromatic carbocycles. The van der Waals surface area contributed by atoms with E-state index in [2.05, 4.69) is 5.10 Å². The lowest BCUT2D eigenvalue weighted by Crippen LogP contribution is -2.34. The number of benzene rings is 1. The summed E-state index contributed by atoms with van der Waals surface area (Å²) >= 11 is 0. The van der Waals surface area contributed by atoms with Gasteiger partial charge in [0.15, 0.2) is 0 Å². The van der Waals surface area contributed by atoms with E-state index in [0.717, 1.165) is 18.4 Å². The number of amides is 1. The van der Waals surface area contributed by atoms with Gasteiger partial charge in [0.25, 0.3) is 11.5 Å². The van der Waals surface area contributed by atoms with Crippen LogP contribution in [-0.4, -0.2) is 55.1 Å². The summed E-state index contributed by atoms with van der Waals surface area (Å²) in [4.78, 5) is 26.9. The van der Waals surface area contributed by atoms with Gasteiger partial charge < -0.3 is 19.1 Å². The average Bonchev–Trinajstić information content (AvgIpc) is 3.21. The number of carbonyl (C=O) groups is 1. The minimum atomic E-state index is -0.263. The van der Waals surface area contributed by atoms with Gasteiger partial charge in [-0.2, -0.15) is 5.10 Å². The van der Waals surface area contributed by atoms with Gasteiger partial charge in [-0.25, -0.2) is 4.68 Å². The Hall–Kier alpha value is -2.87. The predicted octanol–water partition coefficient (Wildman–Crippen LogP) is 1.88. The normalized spacial score (nSPS) is 16.2. The van der Waals surface area contributed by atoms with Crippen molar-refractivity contribution in [3.05, 3.63) is 51.9 Å². The SMILES string of the molecule is COCCn1nc(C(=O)N2CCC[C@@H]2c2cc(OC)ccc2OC)ccc1=O. The lowest BCUT2D eigenvalue weighted by atomic mass is 10.0. The van der Waals surface area contributed by atoms with Gasteiger partial charge in [-0.05, 0) is 37.1 Å². The zero-order valence-corrected chi connectivity index (χ0v) is 16.4. The molecule has 1 aliphatic heterocycles. The molecule has 8 nitrogen and oxygen atoms in total. The Kier molecular flexibility index (Phi) is 6.30. The first-order chi connectivity index (χ1) is 13.6. The van der Waals surface area contributed by atoms with E-state index in [4.69, 9.17) is 14.2 Å². The number of hydrogen-bond donors (Lipinski definition) is 0. The fourth-order valence-electron chi connectivity index (χ4n) is 3.48. The summed E-state index contributed by atoms with van der Waals surface area (Å²) in [6.45, 7) is 1.25. The quantitative estimate of drug-likeness (QED) is 0.721. The Morgan fingerprint density at radius 1 is 1.18 bits per heavy atom. The van der Waals surface area contributed by atoms with Gasteiger partial charge in [0.2, 0.25) is 0 Å². The maximum Gasteiger partial charge on any atom is 0.274 e. The van der Waals surface area contributed by atoms with E-state index in [1.807, 2.05) is 18.2 Å². The molecule has 1 amide bonds. The first-order valence-corrected chi connectivity index (χ1v) is 9.19. The van der Waals surface area contributed by atoms with Crippen molar-refractivity contribution in [1.82, 2.24) is 14.7 Å². The molecule has 1 saturated heterocycles.